The number of rotatable bonds is 2. The van der Waals surface area contributed by atoms with Crippen LogP contribution in [0.2, 0.25) is 0 Å². The van der Waals surface area contributed by atoms with Crippen LogP contribution >= 0.6 is 0 Å². The van der Waals surface area contributed by atoms with Gasteiger partial charge in [-0.05, 0) is 25.0 Å². The molecule has 1 aromatic carbocycles. The smallest absolute Gasteiger partial charge is 0.145 e. The van der Waals surface area contributed by atoms with E-state index in [2.05, 4.69) is 15.3 Å². The second kappa shape index (κ2) is 4.90. The lowest BCUT2D eigenvalue weighted by Gasteiger charge is -2.28. The van der Waals surface area contributed by atoms with E-state index in [1.54, 1.807) is 6.20 Å². The molecular formula is C14H17N3O. The van der Waals surface area contributed by atoms with Crippen LogP contribution in [0.5, 0.6) is 0 Å². The molecule has 1 aliphatic rings. The topological polar surface area (TPSA) is 58.0 Å². The van der Waals surface area contributed by atoms with Crippen molar-refractivity contribution in [2.45, 2.75) is 37.8 Å². The molecule has 4 nitrogen and oxygen atoms in total. The molecule has 2 N–H and O–H groups in total. The fraction of sp³-hybridized carbons (Fsp3) is 0.429. The molecule has 2 unspecified atom stereocenters. The Morgan fingerprint density at radius 3 is 2.72 bits per heavy atom. The van der Waals surface area contributed by atoms with Crippen LogP contribution in [0.3, 0.4) is 0 Å². The van der Waals surface area contributed by atoms with Gasteiger partial charge in [-0.25, -0.2) is 4.98 Å². The van der Waals surface area contributed by atoms with Gasteiger partial charge in [0.05, 0.1) is 29.4 Å². The quantitative estimate of drug-likeness (QED) is 0.850. The summed E-state index contributed by atoms with van der Waals surface area (Å²) in [6, 6.07) is 7.91. The minimum absolute atomic E-state index is 0.106. The third-order valence-corrected chi connectivity index (χ3v) is 3.51. The summed E-state index contributed by atoms with van der Waals surface area (Å²) in [6.07, 6.45) is 5.61. The van der Waals surface area contributed by atoms with Crippen LogP contribution < -0.4 is 5.32 Å². The number of benzene rings is 1. The molecule has 0 aliphatic heterocycles. The Kier molecular flexibility index (Phi) is 3.11. The van der Waals surface area contributed by atoms with Gasteiger partial charge in [0, 0.05) is 0 Å². The maximum atomic E-state index is 9.93. The van der Waals surface area contributed by atoms with Crippen molar-refractivity contribution < 1.29 is 5.11 Å². The zero-order valence-electron chi connectivity index (χ0n) is 10.2. The first-order chi connectivity index (χ1) is 8.83. The van der Waals surface area contributed by atoms with Gasteiger partial charge >= 0.3 is 0 Å². The largest absolute Gasteiger partial charge is 0.391 e. The summed E-state index contributed by atoms with van der Waals surface area (Å²) in [6.45, 7) is 0. The molecule has 1 aliphatic carbocycles. The molecule has 1 saturated carbocycles. The maximum Gasteiger partial charge on any atom is 0.145 e. The van der Waals surface area contributed by atoms with E-state index in [1.165, 1.54) is 0 Å². The van der Waals surface area contributed by atoms with Crippen LogP contribution in [0.25, 0.3) is 11.0 Å². The molecule has 0 bridgehead atoms. The van der Waals surface area contributed by atoms with Gasteiger partial charge in [-0.1, -0.05) is 25.0 Å². The third kappa shape index (κ3) is 2.29. The summed E-state index contributed by atoms with van der Waals surface area (Å²) in [7, 11) is 0. The molecule has 0 saturated heterocycles. The predicted octanol–water partition coefficient (Wildman–Crippen LogP) is 2.35. The van der Waals surface area contributed by atoms with E-state index >= 15 is 0 Å². The maximum absolute atomic E-state index is 9.93. The van der Waals surface area contributed by atoms with E-state index in [1.807, 2.05) is 24.3 Å². The van der Waals surface area contributed by atoms with Crippen LogP contribution in [0.1, 0.15) is 25.7 Å². The Labute approximate surface area is 106 Å². The second-order valence-corrected chi connectivity index (χ2v) is 4.85. The van der Waals surface area contributed by atoms with Gasteiger partial charge in [-0.2, -0.15) is 0 Å². The lowest BCUT2D eigenvalue weighted by Crippen LogP contribution is -2.36. The first kappa shape index (κ1) is 11.4. The number of aromatic nitrogens is 2. The van der Waals surface area contributed by atoms with Gasteiger partial charge in [0.2, 0.25) is 0 Å². The molecule has 1 aromatic heterocycles. The van der Waals surface area contributed by atoms with E-state index in [4.69, 9.17) is 0 Å². The zero-order valence-corrected chi connectivity index (χ0v) is 10.2. The number of anilines is 1. The molecule has 0 spiro atoms. The lowest BCUT2D eigenvalue weighted by atomic mass is 9.93. The van der Waals surface area contributed by atoms with Gasteiger partial charge in [0.25, 0.3) is 0 Å². The van der Waals surface area contributed by atoms with E-state index in [9.17, 15) is 5.11 Å². The molecule has 2 atom stereocenters. The van der Waals surface area contributed by atoms with Crippen molar-refractivity contribution >= 4 is 16.9 Å². The number of nitrogens with one attached hydrogen (secondary N) is 1. The Bertz CT molecular complexity index is 543. The molecular weight excluding hydrogens is 226 g/mol. The number of para-hydroxylation sites is 2. The van der Waals surface area contributed by atoms with Crippen LogP contribution in [-0.4, -0.2) is 27.2 Å². The molecule has 18 heavy (non-hydrogen) atoms. The average Bonchev–Trinajstić information content (AvgIpc) is 2.41. The fourth-order valence-corrected chi connectivity index (χ4v) is 2.50. The zero-order chi connectivity index (χ0) is 12.4. The van der Waals surface area contributed by atoms with E-state index in [0.717, 1.165) is 42.5 Å². The molecule has 94 valence electrons. The summed E-state index contributed by atoms with van der Waals surface area (Å²) in [4.78, 5) is 8.88. The molecule has 0 radical (unpaired) electrons. The first-order valence-corrected chi connectivity index (χ1v) is 6.49. The number of fused-ring (bicyclic) bond motifs is 1. The number of aliphatic hydroxyl groups excluding tert-OH is 1. The van der Waals surface area contributed by atoms with Crippen LogP contribution in [0.4, 0.5) is 5.82 Å². The van der Waals surface area contributed by atoms with Gasteiger partial charge in [-0.3, -0.25) is 4.98 Å². The third-order valence-electron chi connectivity index (χ3n) is 3.51. The van der Waals surface area contributed by atoms with Crippen molar-refractivity contribution in [3.63, 3.8) is 0 Å². The lowest BCUT2D eigenvalue weighted by molar-refractivity contribution is 0.116. The average molecular weight is 243 g/mol. The summed E-state index contributed by atoms with van der Waals surface area (Å²) < 4.78 is 0. The number of hydrogen-bond acceptors (Lipinski definition) is 4. The highest BCUT2D eigenvalue weighted by atomic mass is 16.3. The van der Waals surface area contributed by atoms with Gasteiger partial charge in [0.15, 0.2) is 0 Å². The van der Waals surface area contributed by atoms with Gasteiger partial charge in [-0.15, -0.1) is 0 Å². The van der Waals surface area contributed by atoms with E-state index < -0.39 is 0 Å². The highest BCUT2D eigenvalue weighted by Crippen LogP contribution is 2.22. The van der Waals surface area contributed by atoms with Crippen molar-refractivity contribution in [2.24, 2.45) is 0 Å². The molecule has 2 aromatic rings. The highest BCUT2D eigenvalue weighted by Gasteiger charge is 2.23. The predicted molar refractivity (Wildman–Crippen MR) is 71.4 cm³/mol. The summed E-state index contributed by atoms with van der Waals surface area (Å²) in [5.41, 5.74) is 1.78. The minimum Gasteiger partial charge on any atom is -0.391 e. The van der Waals surface area contributed by atoms with Crippen molar-refractivity contribution in [3.05, 3.63) is 30.5 Å². The Hall–Kier alpha value is -1.68. The van der Waals surface area contributed by atoms with Gasteiger partial charge < -0.3 is 10.4 Å². The van der Waals surface area contributed by atoms with Crippen LogP contribution in [0, 0.1) is 0 Å². The summed E-state index contributed by atoms with van der Waals surface area (Å²) in [5, 5.41) is 13.2. The molecule has 1 heterocycles. The van der Waals surface area contributed by atoms with E-state index in [-0.39, 0.29) is 12.1 Å². The molecule has 4 heteroatoms. The normalized spacial score (nSPS) is 24.1. The standard InChI is InChI=1S/C14H17N3O/c18-13-8-4-3-7-12(13)17-14-9-15-10-5-1-2-6-11(10)16-14/h1-2,5-6,9,12-13,18H,3-4,7-8H2,(H,16,17). The Balaban J connectivity index is 1.81. The summed E-state index contributed by atoms with van der Waals surface area (Å²) >= 11 is 0. The fourth-order valence-electron chi connectivity index (χ4n) is 2.50. The van der Waals surface area contributed by atoms with Crippen molar-refractivity contribution in [1.82, 2.24) is 9.97 Å². The van der Waals surface area contributed by atoms with Crippen molar-refractivity contribution in [3.8, 4) is 0 Å². The monoisotopic (exact) mass is 243 g/mol. The molecule has 1 fully saturated rings. The number of hydrogen-bond donors (Lipinski definition) is 2. The first-order valence-electron chi connectivity index (χ1n) is 6.49. The van der Waals surface area contributed by atoms with Crippen LogP contribution in [0.15, 0.2) is 30.5 Å². The number of nitrogens with zero attached hydrogens (tertiary/aromatic N) is 2. The number of aliphatic hydroxyl groups is 1. The van der Waals surface area contributed by atoms with Crippen molar-refractivity contribution in [1.29, 1.82) is 0 Å². The van der Waals surface area contributed by atoms with E-state index in [0.29, 0.717) is 0 Å². The highest BCUT2D eigenvalue weighted by molar-refractivity contribution is 5.75. The Morgan fingerprint density at radius 1 is 1.11 bits per heavy atom. The minimum atomic E-state index is -0.271. The second-order valence-electron chi connectivity index (χ2n) is 4.85. The van der Waals surface area contributed by atoms with Gasteiger partial charge in [0.1, 0.15) is 5.82 Å². The Morgan fingerprint density at radius 2 is 1.89 bits per heavy atom. The van der Waals surface area contributed by atoms with Crippen molar-refractivity contribution in [2.75, 3.05) is 5.32 Å². The molecule has 3 rings (SSSR count). The molecule has 0 amide bonds. The van der Waals surface area contributed by atoms with Crippen LogP contribution in [-0.2, 0) is 0 Å². The SMILES string of the molecule is OC1CCCCC1Nc1cnc2ccccc2n1. The summed E-state index contributed by atoms with van der Waals surface area (Å²) in [5.74, 6) is 0.750.